The van der Waals surface area contributed by atoms with E-state index in [0.29, 0.717) is 12.5 Å². The minimum Gasteiger partial charge on any atom is -0.355 e. The summed E-state index contributed by atoms with van der Waals surface area (Å²) in [5.41, 5.74) is 1.11. The van der Waals surface area contributed by atoms with Gasteiger partial charge in [-0.1, -0.05) is 19.1 Å². The SMILES string of the molecule is CCCNC(=O)CN1CCC(c2nc3ccccc3s2)CC1. The standard InChI is InChI=1S/C17H23N3OS/c1-2-9-18-16(21)12-20-10-7-13(8-11-20)17-19-14-5-3-4-6-15(14)22-17/h3-6,13H,2,7-12H2,1H3,(H,18,21). The Morgan fingerprint density at radius 3 is 2.86 bits per heavy atom. The summed E-state index contributed by atoms with van der Waals surface area (Å²) >= 11 is 1.82. The molecule has 1 saturated heterocycles. The summed E-state index contributed by atoms with van der Waals surface area (Å²) in [5.74, 6) is 0.702. The van der Waals surface area contributed by atoms with Crippen LogP contribution in [-0.2, 0) is 4.79 Å². The number of carbonyl (C=O) groups is 1. The van der Waals surface area contributed by atoms with Crippen LogP contribution >= 0.6 is 11.3 Å². The zero-order valence-corrected chi connectivity index (χ0v) is 13.9. The van der Waals surface area contributed by atoms with E-state index in [0.717, 1.165) is 44.4 Å². The number of fused-ring (bicyclic) bond motifs is 1. The van der Waals surface area contributed by atoms with Gasteiger partial charge >= 0.3 is 0 Å². The number of hydrogen-bond acceptors (Lipinski definition) is 4. The molecule has 0 aliphatic carbocycles. The molecule has 1 aliphatic heterocycles. The van der Waals surface area contributed by atoms with E-state index >= 15 is 0 Å². The number of aromatic nitrogens is 1. The highest BCUT2D eigenvalue weighted by atomic mass is 32.1. The molecule has 1 fully saturated rings. The zero-order chi connectivity index (χ0) is 15.4. The molecular formula is C17H23N3OS. The van der Waals surface area contributed by atoms with Crippen molar-refractivity contribution in [3.05, 3.63) is 29.3 Å². The predicted octanol–water partition coefficient (Wildman–Crippen LogP) is 3.00. The summed E-state index contributed by atoms with van der Waals surface area (Å²) in [6.45, 7) is 5.36. The van der Waals surface area contributed by atoms with Crippen molar-refractivity contribution in [2.24, 2.45) is 0 Å². The average Bonchev–Trinajstić information content (AvgIpc) is 2.97. The summed E-state index contributed by atoms with van der Waals surface area (Å²) in [6.07, 6.45) is 3.19. The van der Waals surface area contributed by atoms with E-state index in [9.17, 15) is 4.79 Å². The molecule has 0 bridgehead atoms. The van der Waals surface area contributed by atoms with Crippen molar-refractivity contribution >= 4 is 27.5 Å². The first-order valence-corrected chi connectivity index (χ1v) is 8.92. The summed E-state index contributed by atoms with van der Waals surface area (Å²) < 4.78 is 1.28. The fourth-order valence-corrected chi connectivity index (χ4v) is 4.06. The fraction of sp³-hybridized carbons (Fsp3) is 0.529. The van der Waals surface area contributed by atoms with Crippen LogP contribution in [0.1, 0.15) is 37.1 Å². The molecule has 0 saturated carbocycles. The monoisotopic (exact) mass is 317 g/mol. The lowest BCUT2D eigenvalue weighted by molar-refractivity contribution is -0.122. The van der Waals surface area contributed by atoms with E-state index in [-0.39, 0.29) is 5.91 Å². The van der Waals surface area contributed by atoms with Crippen molar-refractivity contribution in [1.82, 2.24) is 15.2 Å². The molecule has 1 aromatic heterocycles. The first-order valence-electron chi connectivity index (χ1n) is 8.11. The second kappa shape index (κ2) is 7.20. The Balaban J connectivity index is 1.54. The van der Waals surface area contributed by atoms with E-state index in [1.54, 1.807) is 0 Å². The smallest absolute Gasteiger partial charge is 0.234 e. The van der Waals surface area contributed by atoms with Gasteiger partial charge < -0.3 is 5.32 Å². The molecule has 1 amide bonds. The quantitative estimate of drug-likeness (QED) is 0.922. The maximum atomic E-state index is 11.8. The molecule has 118 valence electrons. The van der Waals surface area contributed by atoms with Crippen LogP contribution in [0.4, 0.5) is 0 Å². The average molecular weight is 317 g/mol. The largest absolute Gasteiger partial charge is 0.355 e. The normalized spacial score (nSPS) is 17.0. The number of amides is 1. The van der Waals surface area contributed by atoms with E-state index < -0.39 is 0 Å². The lowest BCUT2D eigenvalue weighted by Gasteiger charge is -2.30. The third-order valence-electron chi connectivity index (χ3n) is 4.19. The van der Waals surface area contributed by atoms with Gasteiger partial charge in [0.25, 0.3) is 0 Å². The maximum absolute atomic E-state index is 11.8. The Hall–Kier alpha value is -1.46. The predicted molar refractivity (Wildman–Crippen MR) is 91.3 cm³/mol. The number of thiazole rings is 1. The van der Waals surface area contributed by atoms with Gasteiger partial charge in [0.2, 0.25) is 5.91 Å². The Bertz CT molecular complexity index is 599. The first-order chi connectivity index (χ1) is 10.8. The number of piperidine rings is 1. The molecule has 0 atom stereocenters. The molecule has 0 unspecified atom stereocenters. The van der Waals surface area contributed by atoms with Crippen molar-refractivity contribution in [2.45, 2.75) is 32.1 Å². The molecule has 3 rings (SSSR count). The van der Waals surface area contributed by atoms with Gasteiger partial charge in [0.15, 0.2) is 0 Å². The van der Waals surface area contributed by atoms with E-state index in [1.165, 1.54) is 9.71 Å². The summed E-state index contributed by atoms with van der Waals surface area (Å²) in [4.78, 5) is 18.8. The third-order valence-corrected chi connectivity index (χ3v) is 5.39. The lowest BCUT2D eigenvalue weighted by atomic mass is 9.97. The van der Waals surface area contributed by atoms with Crippen LogP contribution in [0.2, 0.25) is 0 Å². The van der Waals surface area contributed by atoms with Crippen molar-refractivity contribution in [2.75, 3.05) is 26.2 Å². The number of nitrogens with zero attached hydrogens (tertiary/aromatic N) is 2. The lowest BCUT2D eigenvalue weighted by Crippen LogP contribution is -2.41. The zero-order valence-electron chi connectivity index (χ0n) is 13.0. The molecule has 2 aromatic rings. The van der Waals surface area contributed by atoms with Crippen LogP contribution in [0.5, 0.6) is 0 Å². The Labute approximate surface area is 135 Å². The molecule has 4 nitrogen and oxygen atoms in total. The van der Waals surface area contributed by atoms with Gasteiger partial charge in [0.1, 0.15) is 0 Å². The van der Waals surface area contributed by atoms with Gasteiger partial charge in [-0.05, 0) is 44.5 Å². The van der Waals surface area contributed by atoms with Crippen molar-refractivity contribution < 1.29 is 4.79 Å². The van der Waals surface area contributed by atoms with Gasteiger partial charge in [-0.25, -0.2) is 4.98 Å². The highest BCUT2D eigenvalue weighted by Gasteiger charge is 2.24. The van der Waals surface area contributed by atoms with Gasteiger partial charge in [-0.15, -0.1) is 11.3 Å². The molecule has 0 spiro atoms. The molecule has 22 heavy (non-hydrogen) atoms. The molecule has 0 radical (unpaired) electrons. The number of para-hydroxylation sites is 1. The van der Waals surface area contributed by atoms with Crippen molar-refractivity contribution in [1.29, 1.82) is 0 Å². The Kier molecular flexibility index (Phi) is 5.05. The van der Waals surface area contributed by atoms with Crippen LogP contribution in [-0.4, -0.2) is 42.0 Å². The maximum Gasteiger partial charge on any atom is 0.234 e. The minimum atomic E-state index is 0.153. The molecule has 5 heteroatoms. The highest BCUT2D eigenvalue weighted by Crippen LogP contribution is 2.33. The number of rotatable bonds is 5. The number of likely N-dealkylation sites (tertiary alicyclic amines) is 1. The summed E-state index contributed by atoms with van der Waals surface area (Å²) in [6, 6.07) is 8.34. The van der Waals surface area contributed by atoms with Crippen LogP contribution in [0, 0.1) is 0 Å². The highest BCUT2D eigenvalue weighted by molar-refractivity contribution is 7.18. The van der Waals surface area contributed by atoms with Gasteiger partial charge in [0.05, 0.1) is 21.8 Å². The van der Waals surface area contributed by atoms with Crippen molar-refractivity contribution in [3.63, 3.8) is 0 Å². The van der Waals surface area contributed by atoms with E-state index in [4.69, 9.17) is 4.98 Å². The fourth-order valence-electron chi connectivity index (χ4n) is 2.93. The van der Waals surface area contributed by atoms with E-state index in [1.807, 2.05) is 17.4 Å². The van der Waals surface area contributed by atoms with Crippen LogP contribution in [0.3, 0.4) is 0 Å². The van der Waals surface area contributed by atoms with Crippen LogP contribution in [0.15, 0.2) is 24.3 Å². The van der Waals surface area contributed by atoms with Gasteiger partial charge in [-0.3, -0.25) is 9.69 Å². The number of nitrogens with one attached hydrogen (secondary N) is 1. The van der Waals surface area contributed by atoms with Crippen LogP contribution in [0.25, 0.3) is 10.2 Å². The van der Waals surface area contributed by atoms with E-state index in [2.05, 4.69) is 35.3 Å². The molecule has 1 aliphatic rings. The van der Waals surface area contributed by atoms with Gasteiger partial charge in [-0.2, -0.15) is 0 Å². The first kappa shape index (κ1) is 15.4. The summed E-state index contributed by atoms with van der Waals surface area (Å²) in [7, 11) is 0. The summed E-state index contributed by atoms with van der Waals surface area (Å²) in [5, 5.41) is 4.21. The topological polar surface area (TPSA) is 45.2 Å². The number of hydrogen-bond donors (Lipinski definition) is 1. The molecular weight excluding hydrogens is 294 g/mol. The molecule has 1 N–H and O–H groups in total. The van der Waals surface area contributed by atoms with Crippen molar-refractivity contribution in [3.8, 4) is 0 Å². The third kappa shape index (κ3) is 3.65. The van der Waals surface area contributed by atoms with Crippen LogP contribution < -0.4 is 5.32 Å². The Morgan fingerprint density at radius 1 is 1.36 bits per heavy atom. The van der Waals surface area contributed by atoms with Gasteiger partial charge in [0, 0.05) is 12.5 Å². The number of carbonyl (C=O) groups excluding carboxylic acids is 1. The Morgan fingerprint density at radius 2 is 2.14 bits per heavy atom. The second-order valence-electron chi connectivity index (χ2n) is 5.92. The second-order valence-corrected chi connectivity index (χ2v) is 6.98. The molecule has 2 heterocycles. The minimum absolute atomic E-state index is 0.153. The molecule has 1 aromatic carbocycles. The number of benzene rings is 1.